The van der Waals surface area contributed by atoms with Crippen LogP contribution in [-0.2, 0) is 17.5 Å². The Morgan fingerprint density at radius 3 is 2.59 bits per heavy atom. The van der Waals surface area contributed by atoms with E-state index in [1.54, 1.807) is 17.7 Å². The molecule has 0 unspecified atom stereocenters. The molecule has 2 aromatic carbocycles. The van der Waals surface area contributed by atoms with Crippen molar-refractivity contribution in [2.45, 2.75) is 12.8 Å². The van der Waals surface area contributed by atoms with Crippen molar-refractivity contribution in [3.63, 3.8) is 0 Å². The van der Waals surface area contributed by atoms with Gasteiger partial charge in [-0.3, -0.25) is 0 Å². The van der Waals surface area contributed by atoms with E-state index in [2.05, 4.69) is 25.4 Å². The number of nitrogens with zero attached hydrogens (tertiary/aromatic N) is 4. The van der Waals surface area contributed by atoms with Crippen molar-refractivity contribution >= 4 is 28.3 Å². The van der Waals surface area contributed by atoms with Gasteiger partial charge in [0.25, 0.3) is 0 Å². The maximum absolute atomic E-state index is 12.8. The molecule has 0 spiro atoms. The van der Waals surface area contributed by atoms with E-state index in [0.717, 1.165) is 40.2 Å². The van der Waals surface area contributed by atoms with Crippen LogP contribution in [0.3, 0.4) is 0 Å². The minimum Gasteiger partial charge on any atom is -0.377 e. The largest absolute Gasteiger partial charge is 0.416 e. The lowest BCUT2D eigenvalue weighted by Gasteiger charge is -2.07. The highest BCUT2D eigenvalue weighted by molar-refractivity contribution is 5.81. The molecule has 0 amide bonds. The van der Waals surface area contributed by atoms with E-state index in [9.17, 15) is 13.2 Å². The number of methoxy groups -OCH3 is 1. The maximum Gasteiger partial charge on any atom is 0.416 e. The number of fused-ring (bicyclic) bond motifs is 2. The molecule has 0 radical (unpaired) electrons. The van der Waals surface area contributed by atoms with Crippen molar-refractivity contribution in [1.29, 1.82) is 0 Å². The fraction of sp³-hybridized carbons (Fsp3) is 0.136. The Labute approximate surface area is 179 Å². The van der Waals surface area contributed by atoms with Crippen LogP contribution < -0.4 is 5.32 Å². The molecule has 0 saturated heterocycles. The van der Waals surface area contributed by atoms with Gasteiger partial charge < -0.3 is 15.0 Å². The summed E-state index contributed by atoms with van der Waals surface area (Å²) in [5, 5.41) is 7.45. The molecule has 162 valence electrons. The molecule has 5 rings (SSSR count). The van der Waals surface area contributed by atoms with Crippen LogP contribution in [0.4, 0.5) is 24.8 Å². The number of hydrogen-bond donors (Lipinski definition) is 2. The lowest BCUT2D eigenvalue weighted by Crippen LogP contribution is -2.04. The lowest BCUT2D eigenvalue weighted by atomic mass is 10.1. The highest BCUT2D eigenvalue weighted by Gasteiger charge is 2.30. The van der Waals surface area contributed by atoms with E-state index in [-0.39, 0.29) is 5.95 Å². The number of imidazole rings is 1. The monoisotopic (exact) mass is 438 g/mol. The number of nitrogens with one attached hydrogen (secondary N) is 2. The summed E-state index contributed by atoms with van der Waals surface area (Å²) in [6, 6.07) is 16.1. The number of aromatic nitrogens is 5. The van der Waals surface area contributed by atoms with Gasteiger partial charge in [0.1, 0.15) is 12.4 Å². The van der Waals surface area contributed by atoms with Crippen LogP contribution in [0.25, 0.3) is 27.9 Å². The highest BCUT2D eigenvalue weighted by atomic mass is 19.4. The molecule has 0 fully saturated rings. The molecule has 32 heavy (non-hydrogen) atoms. The van der Waals surface area contributed by atoms with Gasteiger partial charge >= 0.3 is 6.18 Å². The first-order valence-electron chi connectivity index (χ1n) is 9.69. The van der Waals surface area contributed by atoms with E-state index in [1.807, 2.05) is 30.3 Å². The Balaban J connectivity index is 1.47. The van der Waals surface area contributed by atoms with Crippen LogP contribution in [0.5, 0.6) is 0 Å². The Morgan fingerprint density at radius 1 is 1.03 bits per heavy atom. The minimum atomic E-state index is -4.38. The van der Waals surface area contributed by atoms with Gasteiger partial charge in [0, 0.05) is 18.4 Å². The second kappa shape index (κ2) is 7.65. The molecule has 0 bridgehead atoms. The molecule has 0 atom stereocenters. The van der Waals surface area contributed by atoms with Gasteiger partial charge in [-0.25, -0.2) is 9.50 Å². The van der Waals surface area contributed by atoms with Crippen LogP contribution in [-0.4, -0.2) is 31.7 Å². The predicted molar refractivity (Wildman–Crippen MR) is 114 cm³/mol. The molecule has 3 aromatic heterocycles. The quantitative estimate of drug-likeness (QED) is 0.395. The molecule has 3 heterocycles. The smallest absolute Gasteiger partial charge is 0.377 e. The fourth-order valence-electron chi connectivity index (χ4n) is 3.48. The zero-order valence-corrected chi connectivity index (χ0v) is 16.8. The van der Waals surface area contributed by atoms with Gasteiger partial charge in [0.15, 0.2) is 5.65 Å². The van der Waals surface area contributed by atoms with Crippen LogP contribution in [0.15, 0.2) is 60.7 Å². The number of H-pyrrole nitrogens is 1. The molecular formula is C22H17F3N6O. The molecule has 0 aliphatic carbocycles. The van der Waals surface area contributed by atoms with Gasteiger partial charge in [0.2, 0.25) is 5.95 Å². The molecule has 5 aromatic rings. The fourth-order valence-corrected chi connectivity index (χ4v) is 3.48. The number of halogens is 3. The zero-order chi connectivity index (χ0) is 22.3. The lowest BCUT2D eigenvalue weighted by molar-refractivity contribution is -0.137. The average Bonchev–Trinajstić information content (AvgIpc) is 3.35. The number of benzene rings is 2. The maximum atomic E-state index is 12.8. The Bertz CT molecular complexity index is 1410. The van der Waals surface area contributed by atoms with Crippen molar-refractivity contribution in [2.24, 2.45) is 0 Å². The van der Waals surface area contributed by atoms with Gasteiger partial charge in [0.05, 0.1) is 22.3 Å². The summed E-state index contributed by atoms with van der Waals surface area (Å²) < 4.78 is 45.1. The third-order valence-corrected chi connectivity index (χ3v) is 4.94. The summed E-state index contributed by atoms with van der Waals surface area (Å²) in [6.45, 7) is 0.391. The normalized spacial score (nSPS) is 12.0. The van der Waals surface area contributed by atoms with Gasteiger partial charge in [-0.1, -0.05) is 12.1 Å². The Morgan fingerprint density at radius 2 is 1.84 bits per heavy atom. The van der Waals surface area contributed by atoms with Crippen LogP contribution >= 0.6 is 0 Å². The Hall–Kier alpha value is -3.92. The molecule has 2 N–H and O–H groups in total. The summed E-state index contributed by atoms with van der Waals surface area (Å²) in [6.07, 6.45) is -4.38. The molecule has 7 nitrogen and oxygen atoms in total. The third-order valence-electron chi connectivity index (χ3n) is 4.94. The van der Waals surface area contributed by atoms with Crippen molar-refractivity contribution in [2.75, 3.05) is 12.4 Å². The van der Waals surface area contributed by atoms with Crippen molar-refractivity contribution in [1.82, 2.24) is 24.6 Å². The number of aromatic amines is 1. The number of pyridine rings is 1. The van der Waals surface area contributed by atoms with E-state index in [4.69, 9.17) is 4.74 Å². The highest BCUT2D eigenvalue weighted by Crippen LogP contribution is 2.30. The summed E-state index contributed by atoms with van der Waals surface area (Å²) in [4.78, 5) is 12.1. The average molecular weight is 438 g/mol. The number of rotatable bonds is 5. The van der Waals surface area contributed by atoms with E-state index in [0.29, 0.717) is 17.9 Å². The standard InChI is InChI=1S/C22H17F3N6O/c1-32-12-19-27-16-10-5-13(11-17(16)28-19)18-3-2-4-20-29-21(30-31(18)20)26-15-8-6-14(7-9-15)22(23,24)25/h2-11H,12H2,1H3,(H,26,30)(H,27,28). The zero-order valence-electron chi connectivity index (χ0n) is 16.8. The second-order valence-corrected chi connectivity index (χ2v) is 7.16. The SMILES string of the molecule is COCc1nc2ccc(-c3cccc4nc(Nc5ccc(C(F)(F)F)cc5)nn34)cc2[nH]1. The van der Waals surface area contributed by atoms with E-state index in [1.165, 1.54) is 12.1 Å². The predicted octanol–water partition coefficient (Wildman–Crippen LogP) is 5.18. The van der Waals surface area contributed by atoms with E-state index >= 15 is 0 Å². The number of anilines is 2. The van der Waals surface area contributed by atoms with Crippen LogP contribution in [0.1, 0.15) is 11.4 Å². The number of alkyl halides is 3. The summed E-state index contributed by atoms with van der Waals surface area (Å²) in [7, 11) is 1.61. The summed E-state index contributed by atoms with van der Waals surface area (Å²) in [5.74, 6) is 1.02. The third kappa shape index (κ3) is 3.76. The van der Waals surface area contributed by atoms with Gasteiger partial charge in [-0.05, 0) is 48.5 Å². The van der Waals surface area contributed by atoms with Crippen LogP contribution in [0, 0.1) is 0 Å². The van der Waals surface area contributed by atoms with Crippen molar-refractivity contribution in [3.8, 4) is 11.3 Å². The second-order valence-electron chi connectivity index (χ2n) is 7.16. The van der Waals surface area contributed by atoms with Crippen LogP contribution in [0.2, 0.25) is 0 Å². The van der Waals surface area contributed by atoms with Gasteiger partial charge in [-0.2, -0.15) is 18.2 Å². The summed E-state index contributed by atoms with van der Waals surface area (Å²) in [5.41, 5.74) is 3.76. The van der Waals surface area contributed by atoms with E-state index < -0.39 is 11.7 Å². The van der Waals surface area contributed by atoms with Gasteiger partial charge in [-0.15, -0.1) is 5.10 Å². The molecule has 0 aliphatic heterocycles. The first kappa shape index (κ1) is 20.0. The van der Waals surface area contributed by atoms with Crippen molar-refractivity contribution < 1.29 is 17.9 Å². The van der Waals surface area contributed by atoms with Crippen molar-refractivity contribution in [3.05, 3.63) is 72.1 Å². The Kier molecular flexibility index (Phi) is 4.78. The molecular weight excluding hydrogens is 421 g/mol. The summed E-state index contributed by atoms with van der Waals surface area (Å²) >= 11 is 0. The first-order chi connectivity index (χ1) is 15.4. The number of ether oxygens (including phenoxy) is 1. The molecule has 10 heteroatoms. The minimum absolute atomic E-state index is 0.280. The molecule has 0 aliphatic rings. The number of hydrogen-bond acceptors (Lipinski definition) is 5. The topological polar surface area (TPSA) is 80.1 Å². The first-order valence-corrected chi connectivity index (χ1v) is 9.69. The molecule has 0 saturated carbocycles.